The second-order valence-corrected chi connectivity index (χ2v) is 5.70. The Morgan fingerprint density at radius 3 is 2.33 bits per heavy atom. The van der Waals surface area contributed by atoms with Crippen LogP contribution in [0.5, 0.6) is 0 Å². The summed E-state index contributed by atoms with van der Waals surface area (Å²) in [6, 6.07) is 10.0. The normalized spacial score (nSPS) is 17.2. The van der Waals surface area contributed by atoms with Crippen molar-refractivity contribution >= 4 is 24.4 Å². The van der Waals surface area contributed by atoms with Gasteiger partial charge in [-0.05, 0) is 17.7 Å². The van der Waals surface area contributed by atoms with Crippen LogP contribution in [0.25, 0.3) is 0 Å². The van der Waals surface area contributed by atoms with E-state index in [1.54, 1.807) is 9.80 Å². The minimum Gasteiger partial charge on any atom is -0.333 e. The van der Waals surface area contributed by atoms with Crippen LogP contribution >= 0.6 is 12.6 Å². The molecular formula is C16H22N2O2S. The number of carbonyl (C=O) groups excluding carboxylic acids is 2. The Labute approximate surface area is 131 Å². The SMILES string of the molecule is CCCN1CCN(CC(CS)c2ccccc2)C(=O)C1=O. The summed E-state index contributed by atoms with van der Waals surface area (Å²) >= 11 is 4.40. The minimum absolute atomic E-state index is 0.156. The number of nitrogens with zero attached hydrogens (tertiary/aromatic N) is 2. The quantitative estimate of drug-likeness (QED) is 0.643. The third-order valence-electron chi connectivity index (χ3n) is 3.82. The molecule has 0 aliphatic carbocycles. The van der Waals surface area contributed by atoms with Crippen molar-refractivity contribution in [3.63, 3.8) is 0 Å². The van der Waals surface area contributed by atoms with Gasteiger partial charge in [0.05, 0.1) is 0 Å². The topological polar surface area (TPSA) is 40.6 Å². The van der Waals surface area contributed by atoms with E-state index in [0.29, 0.717) is 31.9 Å². The molecule has 4 nitrogen and oxygen atoms in total. The van der Waals surface area contributed by atoms with Crippen LogP contribution < -0.4 is 0 Å². The first-order valence-corrected chi connectivity index (χ1v) is 8.04. The highest BCUT2D eigenvalue weighted by atomic mass is 32.1. The Kier molecular flexibility index (Phi) is 5.67. The molecule has 0 saturated carbocycles. The molecule has 0 aromatic heterocycles. The maximum atomic E-state index is 12.2. The van der Waals surface area contributed by atoms with Crippen LogP contribution in [0, 0.1) is 0 Å². The summed E-state index contributed by atoms with van der Waals surface area (Å²) in [6.07, 6.45) is 0.877. The number of thiol groups is 1. The molecule has 21 heavy (non-hydrogen) atoms. The Morgan fingerprint density at radius 2 is 1.71 bits per heavy atom. The van der Waals surface area contributed by atoms with Crippen molar-refractivity contribution in [3.8, 4) is 0 Å². The van der Waals surface area contributed by atoms with E-state index in [9.17, 15) is 9.59 Å². The lowest BCUT2D eigenvalue weighted by Crippen LogP contribution is -2.55. The van der Waals surface area contributed by atoms with Crippen LogP contribution in [-0.2, 0) is 9.59 Å². The average Bonchev–Trinajstić information content (AvgIpc) is 2.52. The largest absolute Gasteiger partial charge is 0.333 e. The Morgan fingerprint density at radius 1 is 1.10 bits per heavy atom. The van der Waals surface area contributed by atoms with E-state index in [4.69, 9.17) is 0 Å². The fraction of sp³-hybridized carbons (Fsp3) is 0.500. The van der Waals surface area contributed by atoms with Gasteiger partial charge in [-0.25, -0.2) is 0 Å². The third kappa shape index (κ3) is 3.79. The van der Waals surface area contributed by atoms with Gasteiger partial charge in [-0.15, -0.1) is 0 Å². The van der Waals surface area contributed by atoms with Gasteiger partial charge in [0.2, 0.25) is 0 Å². The van der Waals surface area contributed by atoms with Gasteiger partial charge in [0.25, 0.3) is 0 Å². The summed E-state index contributed by atoms with van der Waals surface area (Å²) < 4.78 is 0. The van der Waals surface area contributed by atoms with Crippen molar-refractivity contribution < 1.29 is 9.59 Å². The Bertz CT molecular complexity index is 492. The second kappa shape index (κ2) is 7.50. The van der Waals surface area contributed by atoms with Gasteiger partial charge in [-0.3, -0.25) is 9.59 Å². The molecule has 1 aliphatic heterocycles. The van der Waals surface area contributed by atoms with Gasteiger partial charge in [-0.2, -0.15) is 12.6 Å². The Balaban J connectivity index is 2.02. The number of hydrogen-bond donors (Lipinski definition) is 1. The Hall–Kier alpha value is -1.49. The molecule has 2 rings (SSSR count). The van der Waals surface area contributed by atoms with E-state index < -0.39 is 0 Å². The number of carbonyl (C=O) groups is 2. The number of hydrogen-bond acceptors (Lipinski definition) is 3. The van der Waals surface area contributed by atoms with Gasteiger partial charge in [0.1, 0.15) is 0 Å². The zero-order valence-electron chi connectivity index (χ0n) is 12.4. The van der Waals surface area contributed by atoms with Gasteiger partial charge in [-0.1, -0.05) is 37.3 Å². The lowest BCUT2D eigenvalue weighted by atomic mass is 10.00. The van der Waals surface area contributed by atoms with Gasteiger partial charge >= 0.3 is 11.8 Å². The smallest absolute Gasteiger partial charge is 0.312 e. The van der Waals surface area contributed by atoms with Crippen LogP contribution in [0.1, 0.15) is 24.8 Å². The molecule has 2 amide bonds. The van der Waals surface area contributed by atoms with Gasteiger partial charge < -0.3 is 9.80 Å². The van der Waals surface area contributed by atoms with Crippen molar-refractivity contribution in [3.05, 3.63) is 35.9 Å². The van der Waals surface area contributed by atoms with Crippen molar-refractivity contribution in [2.75, 3.05) is 31.9 Å². The number of piperazine rings is 1. The molecule has 114 valence electrons. The lowest BCUT2D eigenvalue weighted by molar-refractivity contribution is -0.156. The highest BCUT2D eigenvalue weighted by Crippen LogP contribution is 2.20. The average molecular weight is 306 g/mol. The maximum absolute atomic E-state index is 12.2. The predicted molar refractivity (Wildman–Crippen MR) is 86.5 cm³/mol. The lowest BCUT2D eigenvalue weighted by Gasteiger charge is -2.35. The fourth-order valence-corrected chi connectivity index (χ4v) is 2.96. The molecule has 1 aromatic rings. The maximum Gasteiger partial charge on any atom is 0.312 e. The summed E-state index contributed by atoms with van der Waals surface area (Å²) in [5, 5.41) is 0. The molecule has 1 aromatic carbocycles. The second-order valence-electron chi connectivity index (χ2n) is 5.33. The molecule has 1 fully saturated rings. The van der Waals surface area contributed by atoms with Crippen LogP contribution in [0.15, 0.2) is 30.3 Å². The van der Waals surface area contributed by atoms with E-state index in [-0.39, 0.29) is 17.7 Å². The van der Waals surface area contributed by atoms with E-state index in [1.807, 2.05) is 37.3 Å². The summed E-state index contributed by atoms with van der Waals surface area (Å²) in [5.74, 6) is 0.0659. The third-order valence-corrected chi connectivity index (χ3v) is 4.26. The molecule has 5 heteroatoms. The fourth-order valence-electron chi connectivity index (χ4n) is 2.63. The first kappa shape index (κ1) is 15.9. The van der Waals surface area contributed by atoms with Crippen LogP contribution in [0.3, 0.4) is 0 Å². The molecule has 1 aliphatic rings. The summed E-state index contributed by atoms with van der Waals surface area (Å²) in [4.78, 5) is 27.6. The first-order chi connectivity index (χ1) is 10.2. The highest BCUT2D eigenvalue weighted by molar-refractivity contribution is 7.80. The van der Waals surface area contributed by atoms with Gasteiger partial charge in [0, 0.05) is 32.1 Å². The van der Waals surface area contributed by atoms with Crippen LogP contribution in [0.4, 0.5) is 0 Å². The van der Waals surface area contributed by atoms with Crippen LogP contribution in [-0.4, -0.2) is 53.5 Å². The standard InChI is InChI=1S/C16H22N2O2S/c1-2-8-17-9-10-18(16(20)15(17)19)11-14(12-21)13-6-4-3-5-7-13/h3-7,14,21H,2,8-12H2,1H3. The number of rotatable bonds is 6. The monoisotopic (exact) mass is 306 g/mol. The zero-order valence-corrected chi connectivity index (χ0v) is 13.3. The molecule has 1 saturated heterocycles. The molecule has 0 N–H and O–H groups in total. The summed E-state index contributed by atoms with van der Waals surface area (Å²) in [6.45, 7) is 4.47. The van der Waals surface area contributed by atoms with Gasteiger partial charge in [0.15, 0.2) is 0 Å². The van der Waals surface area contributed by atoms with Crippen molar-refractivity contribution in [1.82, 2.24) is 9.80 Å². The molecular weight excluding hydrogens is 284 g/mol. The summed E-state index contributed by atoms with van der Waals surface area (Å²) in [7, 11) is 0. The molecule has 0 bridgehead atoms. The molecule has 1 unspecified atom stereocenters. The van der Waals surface area contributed by atoms with E-state index in [1.165, 1.54) is 0 Å². The first-order valence-electron chi connectivity index (χ1n) is 7.41. The molecule has 0 spiro atoms. The van der Waals surface area contributed by atoms with E-state index in [2.05, 4.69) is 12.6 Å². The molecule has 1 atom stereocenters. The predicted octanol–water partition coefficient (Wildman–Crippen LogP) is 1.78. The van der Waals surface area contributed by atoms with E-state index >= 15 is 0 Å². The van der Waals surface area contributed by atoms with Crippen molar-refractivity contribution in [2.45, 2.75) is 19.3 Å². The number of benzene rings is 1. The molecule has 1 heterocycles. The van der Waals surface area contributed by atoms with Crippen molar-refractivity contribution in [2.24, 2.45) is 0 Å². The van der Waals surface area contributed by atoms with Crippen LogP contribution in [0.2, 0.25) is 0 Å². The zero-order chi connectivity index (χ0) is 15.2. The highest BCUT2D eigenvalue weighted by Gasteiger charge is 2.33. The number of amides is 2. The summed E-state index contributed by atoms with van der Waals surface area (Å²) in [5.41, 5.74) is 1.16. The minimum atomic E-state index is -0.377. The van der Waals surface area contributed by atoms with E-state index in [0.717, 1.165) is 12.0 Å². The molecule has 0 radical (unpaired) electrons. The van der Waals surface area contributed by atoms with Crippen molar-refractivity contribution in [1.29, 1.82) is 0 Å².